The minimum atomic E-state index is -3.35. The molecule has 1 unspecified atom stereocenters. The van der Waals surface area contributed by atoms with Gasteiger partial charge in [-0.05, 0) is 13.3 Å². The number of oxime groups is 1. The van der Waals surface area contributed by atoms with Crippen LogP contribution in [0.1, 0.15) is 40.5 Å². The molecule has 0 aromatic heterocycles. The van der Waals surface area contributed by atoms with Crippen molar-refractivity contribution in [1.82, 2.24) is 4.67 Å². The van der Waals surface area contributed by atoms with Crippen LogP contribution < -0.4 is 0 Å². The number of hydrogen-bond acceptors (Lipinski definition) is 4. The van der Waals surface area contributed by atoms with Crippen LogP contribution in [-0.2, 0) is 13.7 Å². The van der Waals surface area contributed by atoms with Gasteiger partial charge in [0, 0.05) is 19.5 Å². The summed E-state index contributed by atoms with van der Waals surface area (Å²) in [7, 11) is -3.35. The van der Waals surface area contributed by atoms with Gasteiger partial charge in [0.05, 0.1) is 6.61 Å². The van der Waals surface area contributed by atoms with Crippen LogP contribution in [0.3, 0.4) is 0 Å². The van der Waals surface area contributed by atoms with Crippen LogP contribution in [0.4, 0.5) is 0 Å². The predicted molar refractivity (Wildman–Crippen MR) is 71.4 cm³/mol. The molecule has 0 aliphatic heterocycles. The third-order valence-corrected chi connectivity index (χ3v) is 4.46. The molecule has 7 heteroatoms. The van der Waals surface area contributed by atoms with E-state index in [0.29, 0.717) is 31.3 Å². The van der Waals surface area contributed by atoms with Gasteiger partial charge in [0.1, 0.15) is 5.17 Å². The molecule has 0 fully saturated rings. The first-order valence-corrected chi connectivity index (χ1v) is 7.82. The van der Waals surface area contributed by atoms with E-state index in [4.69, 9.17) is 20.7 Å². The molecule has 0 amide bonds. The molecule has 0 rings (SSSR count). The van der Waals surface area contributed by atoms with Gasteiger partial charge in [0.15, 0.2) is 0 Å². The SMILES string of the molecule is CCC/C(Cl)=N\OP(=O)(OCC)N(CC)CC. The summed E-state index contributed by atoms with van der Waals surface area (Å²) in [4.78, 5) is 0. The van der Waals surface area contributed by atoms with Crippen LogP contribution in [0.5, 0.6) is 0 Å². The molecule has 0 aliphatic carbocycles. The molecule has 0 bridgehead atoms. The first-order valence-electron chi connectivity index (χ1n) is 5.95. The number of nitrogens with zero attached hydrogens (tertiary/aromatic N) is 2. The smallest absolute Gasteiger partial charge is 0.300 e. The van der Waals surface area contributed by atoms with Crippen molar-refractivity contribution in [3.05, 3.63) is 0 Å². The van der Waals surface area contributed by atoms with Crippen molar-refractivity contribution in [3.8, 4) is 0 Å². The quantitative estimate of drug-likeness (QED) is 0.367. The zero-order valence-corrected chi connectivity index (χ0v) is 12.6. The van der Waals surface area contributed by atoms with Crippen LogP contribution >= 0.6 is 19.3 Å². The van der Waals surface area contributed by atoms with Gasteiger partial charge in [-0.1, -0.05) is 37.5 Å². The molecule has 102 valence electrons. The van der Waals surface area contributed by atoms with E-state index in [9.17, 15) is 4.57 Å². The summed E-state index contributed by atoms with van der Waals surface area (Å²) in [5, 5.41) is 3.98. The van der Waals surface area contributed by atoms with Gasteiger partial charge < -0.3 is 4.62 Å². The molecule has 0 N–H and O–H groups in total. The minimum Gasteiger partial charge on any atom is -0.300 e. The second kappa shape index (κ2) is 8.92. The normalized spacial score (nSPS) is 16.0. The van der Waals surface area contributed by atoms with Crippen molar-refractivity contribution in [3.63, 3.8) is 0 Å². The third-order valence-electron chi connectivity index (χ3n) is 2.07. The van der Waals surface area contributed by atoms with Crippen molar-refractivity contribution in [2.75, 3.05) is 19.7 Å². The summed E-state index contributed by atoms with van der Waals surface area (Å²) in [5.41, 5.74) is 0. The van der Waals surface area contributed by atoms with Gasteiger partial charge in [-0.15, -0.1) is 0 Å². The summed E-state index contributed by atoms with van der Waals surface area (Å²) in [6.45, 7) is 8.94. The highest BCUT2D eigenvalue weighted by Crippen LogP contribution is 2.51. The Balaban J connectivity index is 4.72. The van der Waals surface area contributed by atoms with Crippen LogP contribution in [-0.4, -0.2) is 29.5 Å². The molecule has 0 radical (unpaired) electrons. The van der Waals surface area contributed by atoms with E-state index in [-0.39, 0.29) is 0 Å². The Hall–Kier alpha value is -0.0900. The van der Waals surface area contributed by atoms with Crippen LogP contribution in [0.15, 0.2) is 5.16 Å². The predicted octanol–water partition coefficient (Wildman–Crippen LogP) is 3.84. The lowest BCUT2D eigenvalue weighted by molar-refractivity contribution is 0.170. The first kappa shape index (κ1) is 16.9. The lowest BCUT2D eigenvalue weighted by atomic mass is 10.4. The molecule has 17 heavy (non-hydrogen) atoms. The Labute approximate surface area is 109 Å². The fourth-order valence-corrected chi connectivity index (χ4v) is 3.04. The molecule has 0 aromatic carbocycles. The fraction of sp³-hybridized carbons (Fsp3) is 0.900. The largest absolute Gasteiger partial charge is 0.481 e. The second-order valence-corrected chi connectivity index (χ2v) is 5.69. The lowest BCUT2D eigenvalue weighted by Gasteiger charge is -2.25. The molecule has 0 saturated heterocycles. The summed E-state index contributed by atoms with van der Waals surface area (Å²) in [6.07, 6.45) is 1.46. The highest BCUT2D eigenvalue weighted by atomic mass is 35.5. The van der Waals surface area contributed by atoms with Crippen LogP contribution in [0.25, 0.3) is 0 Å². The van der Waals surface area contributed by atoms with Gasteiger partial charge >= 0.3 is 7.75 Å². The van der Waals surface area contributed by atoms with Crippen molar-refractivity contribution in [2.45, 2.75) is 40.5 Å². The van der Waals surface area contributed by atoms with Crippen LogP contribution in [0.2, 0.25) is 0 Å². The summed E-state index contributed by atoms with van der Waals surface area (Å²) >= 11 is 5.81. The monoisotopic (exact) mass is 284 g/mol. The van der Waals surface area contributed by atoms with Crippen molar-refractivity contribution >= 4 is 24.5 Å². The summed E-state index contributed by atoms with van der Waals surface area (Å²) in [6, 6.07) is 0. The standard InChI is InChI=1S/C10H22ClN2O3P/c1-5-9-10(11)12-16-17(14,15-8-4)13(6-2)7-3/h5-9H2,1-4H3/b12-10+. The molecule has 0 aromatic rings. The number of rotatable bonds is 9. The average molecular weight is 285 g/mol. The average Bonchev–Trinajstić information content (AvgIpc) is 2.29. The van der Waals surface area contributed by atoms with Crippen molar-refractivity contribution in [1.29, 1.82) is 0 Å². The highest BCUT2D eigenvalue weighted by molar-refractivity contribution is 7.51. The van der Waals surface area contributed by atoms with E-state index in [2.05, 4.69) is 5.16 Å². The molecule has 1 atom stereocenters. The zero-order valence-electron chi connectivity index (χ0n) is 11.0. The maximum absolute atomic E-state index is 12.4. The Morgan fingerprint density at radius 2 is 1.88 bits per heavy atom. The van der Waals surface area contributed by atoms with Gasteiger partial charge in [0.25, 0.3) is 0 Å². The maximum atomic E-state index is 12.4. The number of hydrogen-bond donors (Lipinski definition) is 0. The second-order valence-electron chi connectivity index (χ2n) is 3.32. The van der Waals surface area contributed by atoms with Gasteiger partial charge in [-0.2, -0.15) is 4.67 Å². The van der Waals surface area contributed by atoms with E-state index >= 15 is 0 Å². The van der Waals surface area contributed by atoms with Crippen LogP contribution in [0, 0.1) is 0 Å². The molecular weight excluding hydrogens is 263 g/mol. The first-order chi connectivity index (χ1) is 8.03. The molecule has 0 heterocycles. The van der Waals surface area contributed by atoms with E-state index in [0.717, 1.165) is 6.42 Å². The fourth-order valence-electron chi connectivity index (χ4n) is 1.24. The van der Waals surface area contributed by atoms with Gasteiger partial charge in [-0.25, -0.2) is 4.57 Å². The highest BCUT2D eigenvalue weighted by Gasteiger charge is 2.33. The Bertz CT molecular complexity index is 283. The molecule has 0 saturated carbocycles. The zero-order chi connectivity index (χ0) is 13.3. The molecule has 0 aliphatic rings. The lowest BCUT2D eigenvalue weighted by Crippen LogP contribution is -2.21. The summed E-state index contributed by atoms with van der Waals surface area (Å²) in [5.74, 6) is 0. The minimum absolute atomic E-state index is 0.300. The van der Waals surface area contributed by atoms with Crippen molar-refractivity contribution in [2.24, 2.45) is 5.16 Å². The summed E-state index contributed by atoms with van der Waals surface area (Å²) < 4.78 is 24.2. The maximum Gasteiger partial charge on any atom is 0.481 e. The van der Waals surface area contributed by atoms with Gasteiger partial charge in [-0.3, -0.25) is 4.52 Å². The Morgan fingerprint density at radius 3 is 2.29 bits per heavy atom. The topological polar surface area (TPSA) is 51.1 Å². The third kappa shape index (κ3) is 5.87. The van der Waals surface area contributed by atoms with Gasteiger partial charge in [0.2, 0.25) is 0 Å². The molecule has 5 nitrogen and oxygen atoms in total. The van der Waals surface area contributed by atoms with E-state index in [1.165, 1.54) is 0 Å². The number of halogens is 1. The Morgan fingerprint density at radius 1 is 1.29 bits per heavy atom. The van der Waals surface area contributed by atoms with E-state index in [1.54, 1.807) is 11.6 Å². The van der Waals surface area contributed by atoms with Crippen molar-refractivity contribution < 1.29 is 13.7 Å². The van der Waals surface area contributed by atoms with E-state index in [1.807, 2.05) is 20.8 Å². The molecular formula is C10H22ClN2O3P. The molecule has 0 spiro atoms. The van der Waals surface area contributed by atoms with E-state index < -0.39 is 7.75 Å². The Kier molecular flexibility index (Phi) is 8.88.